The fourth-order valence-corrected chi connectivity index (χ4v) is 3.82. The minimum Gasteiger partial charge on any atom is -0.465 e. The predicted molar refractivity (Wildman–Crippen MR) is 98.9 cm³/mol. The summed E-state index contributed by atoms with van der Waals surface area (Å²) in [5, 5.41) is 4.17. The molecule has 0 saturated carbocycles. The van der Waals surface area contributed by atoms with E-state index in [0.717, 1.165) is 5.56 Å². The van der Waals surface area contributed by atoms with Gasteiger partial charge in [0.15, 0.2) is 0 Å². The second kappa shape index (κ2) is 7.58. The van der Waals surface area contributed by atoms with Crippen LogP contribution in [0.5, 0.6) is 0 Å². The van der Waals surface area contributed by atoms with Crippen LogP contribution in [0.4, 0.5) is 5.69 Å². The normalized spacial score (nSPS) is 11.2. The first-order valence-corrected chi connectivity index (χ1v) is 9.50. The molecule has 0 aliphatic rings. The van der Waals surface area contributed by atoms with Crippen LogP contribution in [-0.4, -0.2) is 36.3 Å². The molecule has 0 aliphatic heterocycles. The number of rotatable bonds is 6. The SMILES string of the molecule is COC(=O)c1ccc(C)c(S(=O)(=O)Nc2cnn(Cc3ccncc3)c2)c1. The molecule has 0 radical (unpaired) electrons. The van der Waals surface area contributed by atoms with Crippen molar-refractivity contribution < 1.29 is 17.9 Å². The van der Waals surface area contributed by atoms with Gasteiger partial charge >= 0.3 is 5.97 Å². The molecular weight excluding hydrogens is 368 g/mol. The number of aryl methyl sites for hydroxylation is 1. The highest BCUT2D eigenvalue weighted by Gasteiger charge is 2.20. The summed E-state index contributed by atoms with van der Waals surface area (Å²) in [4.78, 5) is 15.6. The molecule has 27 heavy (non-hydrogen) atoms. The summed E-state index contributed by atoms with van der Waals surface area (Å²) >= 11 is 0. The van der Waals surface area contributed by atoms with E-state index in [-0.39, 0.29) is 10.5 Å². The third-order valence-corrected chi connectivity index (χ3v) is 5.40. The van der Waals surface area contributed by atoms with Crippen LogP contribution in [0.2, 0.25) is 0 Å². The van der Waals surface area contributed by atoms with E-state index >= 15 is 0 Å². The molecule has 3 rings (SSSR count). The van der Waals surface area contributed by atoms with E-state index in [1.807, 2.05) is 12.1 Å². The maximum Gasteiger partial charge on any atom is 0.337 e. The van der Waals surface area contributed by atoms with Crippen LogP contribution >= 0.6 is 0 Å². The molecule has 1 N–H and O–H groups in total. The quantitative estimate of drug-likeness (QED) is 0.652. The number of esters is 1. The molecule has 0 aliphatic carbocycles. The summed E-state index contributed by atoms with van der Waals surface area (Å²) in [5.74, 6) is -0.600. The number of nitrogens with one attached hydrogen (secondary N) is 1. The molecule has 0 amide bonds. The molecule has 0 atom stereocenters. The zero-order chi connectivity index (χ0) is 19.4. The maximum absolute atomic E-state index is 12.7. The monoisotopic (exact) mass is 386 g/mol. The van der Waals surface area contributed by atoms with Gasteiger partial charge in [0.05, 0.1) is 36.0 Å². The summed E-state index contributed by atoms with van der Waals surface area (Å²) in [5.41, 5.74) is 1.99. The second-order valence-electron chi connectivity index (χ2n) is 5.86. The van der Waals surface area contributed by atoms with Crippen molar-refractivity contribution in [3.05, 3.63) is 71.8 Å². The van der Waals surface area contributed by atoms with Gasteiger partial charge < -0.3 is 4.74 Å². The van der Waals surface area contributed by atoms with E-state index in [9.17, 15) is 13.2 Å². The van der Waals surface area contributed by atoms with Crippen molar-refractivity contribution in [2.24, 2.45) is 0 Å². The second-order valence-corrected chi connectivity index (χ2v) is 7.51. The smallest absolute Gasteiger partial charge is 0.337 e. The van der Waals surface area contributed by atoms with Gasteiger partial charge in [-0.15, -0.1) is 0 Å². The zero-order valence-electron chi connectivity index (χ0n) is 14.8. The minimum atomic E-state index is -3.89. The van der Waals surface area contributed by atoms with Gasteiger partial charge in [0, 0.05) is 18.6 Å². The van der Waals surface area contributed by atoms with Crippen LogP contribution in [0, 0.1) is 6.92 Å². The average Bonchev–Trinajstić information content (AvgIpc) is 3.08. The number of ether oxygens (including phenoxy) is 1. The Balaban J connectivity index is 1.82. The lowest BCUT2D eigenvalue weighted by molar-refractivity contribution is 0.0600. The van der Waals surface area contributed by atoms with E-state index in [2.05, 4.69) is 19.5 Å². The Bertz CT molecular complexity index is 1060. The first kappa shape index (κ1) is 18.6. The van der Waals surface area contributed by atoms with Crippen LogP contribution in [0.25, 0.3) is 0 Å². The minimum absolute atomic E-state index is 0.00674. The summed E-state index contributed by atoms with van der Waals surface area (Å²) in [6.45, 7) is 2.14. The molecule has 0 fully saturated rings. The van der Waals surface area contributed by atoms with Gasteiger partial charge in [-0.25, -0.2) is 13.2 Å². The first-order chi connectivity index (χ1) is 12.9. The van der Waals surface area contributed by atoms with Crippen molar-refractivity contribution in [3.8, 4) is 0 Å². The molecule has 9 heteroatoms. The molecule has 0 unspecified atom stereocenters. The summed E-state index contributed by atoms with van der Waals surface area (Å²) in [6.07, 6.45) is 6.38. The number of aromatic nitrogens is 3. The number of nitrogens with zero attached hydrogens (tertiary/aromatic N) is 3. The fraction of sp³-hybridized carbons (Fsp3) is 0.167. The molecule has 2 aromatic heterocycles. The third kappa shape index (κ3) is 4.32. The number of carbonyl (C=O) groups is 1. The molecule has 0 saturated heterocycles. The van der Waals surface area contributed by atoms with E-state index in [1.165, 1.54) is 25.4 Å². The first-order valence-electron chi connectivity index (χ1n) is 8.02. The molecule has 0 spiro atoms. The van der Waals surface area contributed by atoms with Crippen LogP contribution in [0.1, 0.15) is 21.5 Å². The van der Waals surface area contributed by atoms with Crippen LogP contribution in [-0.2, 0) is 21.3 Å². The van der Waals surface area contributed by atoms with Crippen LogP contribution < -0.4 is 4.72 Å². The van der Waals surface area contributed by atoms with Crippen molar-refractivity contribution in [3.63, 3.8) is 0 Å². The van der Waals surface area contributed by atoms with Crippen LogP contribution in [0.15, 0.2) is 60.0 Å². The van der Waals surface area contributed by atoms with E-state index in [0.29, 0.717) is 17.8 Å². The Morgan fingerprint density at radius 1 is 1.22 bits per heavy atom. The Kier molecular flexibility index (Phi) is 5.22. The topological polar surface area (TPSA) is 103 Å². The van der Waals surface area contributed by atoms with E-state index < -0.39 is 16.0 Å². The molecule has 1 aromatic carbocycles. The van der Waals surface area contributed by atoms with Gasteiger partial charge in [-0.1, -0.05) is 6.07 Å². The Hall–Kier alpha value is -3.20. The average molecular weight is 386 g/mol. The highest BCUT2D eigenvalue weighted by atomic mass is 32.2. The molecule has 2 heterocycles. The highest BCUT2D eigenvalue weighted by molar-refractivity contribution is 7.92. The fourth-order valence-electron chi connectivity index (χ4n) is 2.52. The van der Waals surface area contributed by atoms with Crippen LogP contribution in [0.3, 0.4) is 0 Å². The number of carbonyl (C=O) groups excluding carboxylic acids is 1. The maximum atomic E-state index is 12.7. The van der Waals surface area contributed by atoms with Crippen molar-refractivity contribution in [2.45, 2.75) is 18.4 Å². The number of hydrogen-bond acceptors (Lipinski definition) is 6. The highest BCUT2D eigenvalue weighted by Crippen LogP contribution is 2.21. The largest absolute Gasteiger partial charge is 0.465 e. The molecule has 0 bridgehead atoms. The van der Waals surface area contributed by atoms with Gasteiger partial charge in [-0.3, -0.25) is 14.4 Å². The van der Waals surface area contributed by atoms with Crippen molar-refractivity contribution in [1.82, 2.24) is 14.8 Å². The third-order valence-electron chi connectivity index (χ3n) is 3.88. The summed E-state index contributed by atoms with van der Waals surface area (Å²) in [6, 6.07) is 8.09. The summed E-state index contributed by atoms with van der Waals surface area (Å²) in [7, 11) is -2.65. The molecule has 8 nitrogen and oxygen atoms in total. The lowest BCUT2D eigenvalue weighted by Crippen LogP contribution is -2.15. The van der Waals surface area contributed by atoms with Gasteiger partial charge in [-0.2, -0.15) is 5.10 Å². The Labute approximate surface area is 156 Å². The number of methoxy groups -OCH3 is 1. The Morgan fingerprint density at radius 2 is 1.96 bits per heavy atom. The number of hydrogen-bond donors (Lipinski definition) is 1. The van der Waals surface area contributed by atoms with Crippen molar-refractivity contribution in [2.75, 3.05) is 11.8 Å². The number of sulfonamides is 1. The number of pyridine rings is 1. The number of anilines is 1. The standard InChI is InChI=1S/C18H18N4O4S/c1-13-3-4-15(18(23)26-2)9-17(13)27(24,25)21-16-10-20-22(12-16)11-14-5-7-19-8-6-14/h3-10,12,21H,11H2,1-2H3. The van der Waals surface area contributed by atoms with Crippen molar-refractivity contribution >= 4 is 21.7 Å². The molecule has 140 valence electrons. The van der Waals surface area contributed by atoms with Gasteiger partial charge in [0.25, 0.3) is 10.0 Å². The lowest BCUT2D eigenvalue weighted by atomic mass is 10.1. The van der Waals surface area contributed by atoms with E-state index in [1.54, 1.807) is 36.3 Å². The lowest BCUT2D eigenvalue weighted by Gasteiger charge is -2.10. The summed E-state index contributed by atoms with van der Waals surface area (Å²) < 4.78 is 34.2. The number of benzene rings is 1. The van der Waals surface area contributed by atoms with Gasteiger partial charge in [-0.05, 0) is 42.3 Å². The van der Waals surface area contributed by atoms with Gasteiger partial charge in [0.2, 0.25) is 0 Å². The molecular formula is C18H18N4O4S. The van der Waals surface area contributed by atoms with Gasteiger partial charge in [0.1, 0.15) is 0 Å². The van der Waals surface area contributed by atoms with E-state index in [4.69, 9.17) is 0 Å². The van der Waals surface area contributed by atoms with Crippen molar-refractivity contribution in [1.29, 1.82) is 0 Å². The Morgan fingerprint density at radius 3 is 2.67 bits per heavy atom. The predicted octanol–water partition coefficient (Wildman–Crippen LogP) is 2.22. The molecule has 3 aromatic rings. The zero-order valence-corrected chi connectivity index (χ0v) is 15.6.